The second-order valence-electron chi connectivity index (χ2n) is 5.60. The third-order valence-corrected chi connectivity index (χ3v) is 4.22. The Balaban J connectivity index is 0.00000529. The number of aromatic nitrogens is 1. The van der Waals surface area contributed by atoms with Crippen LogP contribution in [-0.4, -0.2) is 74.7 Å². The lowest BCUT2D eigenvalue weighted by molar-refractivity contribution is 0.161. The Hall–Kier alpha value is -0.450. The maximum atomic E-state index is 5.09. The summed E-state index contributed by atoms with van der Waals surface area (Å²) in [4.78, 5) is 13.6. The number of hydrogen-bond donors (Lipinski definition) is 1. The second kappa shape index (κ2) is 13.8. The normalized spacial score (nSPS) is 11.5. The average Bonchev–Trinajstić information content (AvgIpc) is 2.93. The van der Waals surface area contributed by atoms with Crippen molar-refractivity contribution in [2.24, 2.45) is 4.99 Å². The number of ether oxygens (including phenoxy) is 1. The molecule has 0 aliphatic rings. The lowest BCUT2D eigenvalue weighted by Crippen LogP contribution is -2.38. The van der Waals surface area contributed by atoms with Crippen LogP contribution in [0.1, 0.15) is 24.0 Å². The van der Waals surface area contributed by atoms with Crippen LogP contribution in [-0.2, 0) is 11.3 Å². The van der Waals surface area contributed by atoms with Crippen LogP contribution < -0.4 is 5.32 Å². The highest BCUT2D eigenvalue weighted by Crippen LogP contribution is 2.09. The second-order valence-corrected chi connectivity index (χ2v) is 6.66. The monoisotopic (exact) mass is 469 g/mol. The Kier molecular flexibility index (Phi) is 13.5. The van der Waals surface area contributed by atoms with Gasteiger partial charge in [-0.2, -0.15) is 0 Å². The summed E-state index contributed by atoms with van der Waals surface area (Å²) >= 11 is 1.69. The highest BCUT2D eigenvalue weighted by Gasteiger charge is 2.08. The van der Waals surface area contributed by atoms with E-state index in [0.29, 0.717) is 0 Å². The summed E-state index contributed by atoms with van der Waals surface area (Å²) in [5, 5.41) is 6.57. The Morgan fingerprint density at radius 1 is 1.38 bits per heavy atom. The van der Waals surface area contributed by atoms with Gasteiger partial charge in [0.2, 0.25) is 0 Å². The molecule has 0 saturated carbocycles. The number of thiazole rings is 1. The molecule has 8 heteroatoms. The summed E-state index contributed by atoms with van der Waals surface area (Å²) in [5.74, 6) is 0.942. The first kappa shape index (κ1) is 23.5. The molecule has 1 N–H and O–H groups in total. The van der Waals surface area contributed by atoms with Gasteiger partial charge >= 0.3 is 0 Å². The predicted octanol–water partition coefficient (Wildman–Crippen LogP) is 2.44. The predicted molar refractivity (Wildman–Crippen MR) is 114 cm³/mol. The Morgan fingerprint density at radius 3 is 2.71 bits per heavy atom. The molecule has 6 nitrogen and oxygen atoms in total. The quantitative estimate of drug-likeness (QED) is 0.247. The molecule has 0 spiro atoms. The van der Waals surface area contributed by atoms with Gasteiger partial charge in [0.1, 0.15) is 0 Å². The summed E-state index contributed by atoms with van der Waals surface area (Å²) in [7, 11) is 5.91. The number of aliphatic imine (C=N–C) groups is 1. The van der Waals surface area contributed by atoms with E-state index < -0.39 is 0 Å². The van der Waals surface area contributed by atoms with E-state index in [0.717, 1.165) is 62.4 Å². The van der Waals surface area contributed by atoms with Crippen molar-refractivity contribution in [2.75, 3.05) is 54.0 Å². The van der Waals surface area contributed by atoms with Crippen LogP contribution in [0.5, 0.6) is 0 Å². The molecule has 0 aromatic carbocycles. The number of rotatable bonds is 10. The van der Waals surface area contributed by atoms with Crippen LogP contribution in [0.3, 0.4) is 0 Å². The third-order valence-electron chi connectivity index (χ3n) is 3.40. The minimum atomic E-state index is 0. The zero-order valence-corrected chi connectivity index (χ0v) is 18.7. The standard InChI is InChI=1S/C16H31N5OS.HI/c1-6-17-16(18-8-7-9-20(3)10-11-22-5)21(4)12-15-13-23-14(2)19-15;/h13H,6-12H2,1-5H3,(H,17,18);1H. The molecule has 1 aromatic heterocycles. The largest absolute Gasteiger partial charge is 0.383 e. The van der Waals surface area contributed by atoms with Crippen LogP contribution in [0.2, 0.25) is 0 Å². The van der Waals surface area contributed by atoms with E-state index in [-0.39, 0.29) is 24.0 Å². The van der Waals surface area contributed by atoms with Gasteiger partial charge in [-0.1, -0.05) is 0 Å². The van der Waals surface area contributed by atoms with Gasteiger partial charge in [0, 0.05) is 39.2 Å². The molecule has 140 valence electrons. The molecule has 1 heterocycles. The van der Waals surface area contributed by atoms with E-state index >= 15 is 0 Å². The van der Waals surface area contributed by atoms with Crippen LogP contribution >= 0.6 is 35.3 Å². The fourth-order valence-electron chi connectivity index (χ4n) is 2.15. The van der Waals surface area contributed by atoms with Crippen LogP contribution in [0, 0.1) is 6.92 Å². The third kappa shape index (κ3) is 9.75. The molecule has 0 fully saturated rings. The van der Waals surface area contributed by atoms with E-state index in [4.69, 9.17) is 9.73 Å². The number of aryl methyl sites for hydroxylation is 1. The maximum absolute atomic E-state index is 5.09. The van der Waals surface area contributed by atoms with Crippen molar-refractivity contribution >= 4 is 41.3 Å². The van der Waals surface area contributed by atoms with Gasteiger partial charge in [0.25, 0.3) is 0 Å². The van der Waals surface area contributed by atoms with Gasteiger partial charge in [0.15, 0.2) is 5.96 Å². The molecule has 0 bridgehead atoms. The Bertz CT molecular complexity index is 469. The van der Waals surface area contributed by atoms with E-state index in [2.05, 4.69) is 46.5 Å². The van der Waals surface area contributed by atoms with Gasteiger partial charge in [-0.3, -0.25) is 4.99 Å². The number of hydrogen-bond acceptors (Lipinski definition) is 5. The van der Waals surface area contributed by atoms with Gasteiger partial charge in [0.05, 0.1) is 23.9 Å². The molecule has 0 unspecified atom stereocenters. The summed E-state index contributed by atoms with van der Waals surface area (Å²) in [6, 6.07) is 0. The zero-order valence-electron chi connectivity index (χ0n) is 15.5. The van der Waals surface area contributed by atoms with Crippen molar-refractivity contribution in [3.8, 4) is 0 Å². The highest BCUT2D eigenvalue weighted by molar-refractivity contribution is 14.0. The van der Waals surface area contributed by atoms with Gasteiger partial charge in [-0.25, -0.2) is 4.98 Å². The van der Waals surface area contributed by atoms with E-state index in [1.807, 2.05) is 6.92 Å². The number of nitrogens with zero attached hydrogens (tertiary/aromatic N) is 4. The van der Waals surface area contributed by atoms with Gasteiger partial charge < -0.3 is 19.9 Å². The average molecular weight is 469 g/mol. The fraction of sp³-hybridized carbons (Fsp3) is 0.750. The minimum absolute atomic E-state index is 0. The molecule has 0 amide bonds. The number of halogens is 1. The highest BCUT2D eigenvalue weighted by atomic mass is 127. The molecule has 0 atom stereocenters. The number of nitrogens with one attached hydrogen (secondary N) is 1. The van der Waals surface area contributed by atoms with Crippen LogP contribution in [0.25, 0.3) is 0 Å². The molecule has 0 aliphatic carbocycles. The number of methoxy groups -OCH3 is 1. The SMILES string of the molecule is CCNC(=NCCCN(C)CCOC)N(C)Cc1csc(C)n1.I. The number of guanidine groups is 1. The van der Waals surface area contributed by atoms with Crippen molar-refractivity contribution in [2.45, 2.75) is 26.8 Å². The van der Waals surface area contributed by atoms with Crippen LogP contribution in [0.15, 0.2) is 10.4 Å². The first-order valence-corrected chi connectivity index (χ1v) is 9.02. The van der Waals surface area contributed by atoms with Crippen LogP contribution in [0.4, 0.5) is 0 Å². The van der Waals surface area contributed by atoms with Crippen molar-refractivity contribution in [1.29, 1.82) is 0 Å². The number of likely N-dealkylation sites (N-methyl/N-ethyl adjacent to an activating group) is 1. The Morgan fingerprint density at radius 2 is 2.12 bits per heavy atom. The van der Waals surface area contributed by atoms with E-state index in [9.17, 15) is 0 Å². The van der Waals surface area contributed by atoms with Gasteiger partial charge in [-0.05, 0) is 33.9 Å². The van der Waals surface area contributed by atoms with E-state index in [1.54, 1.807) is 18.4 Å². The first-order valence-electron chi connectivity index (χ1n) is 8.14. The van der Waals surface area contributed by atoms with Gasteiger partial charge in [-0.15, -0.1) is 35.3 Å². The summed E-state index contributed by atoms with van der Waals surface area (Å²) in [5.41, 5.74) is 1.10. The van der Waals surface area contributed by atoms with E-state index in [1.165, 1.54) is 0 Å². The molecule has 0 saturated heterocycles. The van der Waals surface area contributed by atoms with Crippen molar-refractivity contribution in [3.05, 3.63) is 16.1 Å². The zero-order chi connectivity index (χ0) is 17.1. The molecule has 1 rings (SSSR count). The molecule has 0 aliphatic heterocycles. The fourth-order valence-corrected chi connectivity index (χ4v) is 2.76. The molecular weight excluding hydrogens is 437 g/mol. The molecular formula is C16H32IN5OS. The summed E-state index contributed by atoms with van der Waals surface area (Å²) in [6.45, 7) is 9.36. The van der Waals surface area contributed by atoms with Crippen molar-refractivity contribution in [3.63, 3.8) is 0 Å². The minimum Gasteiger partial charge on any atom is -0.383 e. The molecule has 0 radical (unpaired) electrons. The Labute approximate surface area is 167 Å². The smallest absolute Gasteiger partial charge is 0.194 e. The van der Waals surface area contributed by atoms with Crippen molar-refractivity contribution in [1.82, 2.24) is 20.1 Å². The summed E-state index contributed by atoms with van der Waals surface area (Å²) < 4.78 is 5.09. The molecule has 1 aromatic rings. The van der Waals surface area contributed by atoms with Crippen molar-refractivity contribution < 1.29 is 4.74 Å². The lowest BCUT2D eigenvalue weighted by atomic mass is 10.4. The topological polar surface area (TPSA) is 53.0 Å². The summed E-state index contributed by atoms with van der Waals surface area (Å²) in [6.07, 6.45) is 1.04. The first-order chi connectivity index (χ1) is 11.1. The molecule has 24 heavy (non-hydrogen) atoms. The maximum Gasteiger partial charge on any atom is 0.194 e. The lowest BCUT2D eigenvalue weighted by Gasteiger charge is -2.21.